The molecule has 0 saturated heterocycles. The number of ether oxygens (including phenoxy) is 1. The molecule has 1 aromatic carbocycles. The number of aromatic nitrogens is 2. The fourth-order valence-corrected chi connectivity index (χ4v) is 2.23. The van der Waals surface area contributed by atoms with E-state index in [0.29, 0.717) is 5.69 Å². The molecule has 1 aromatic heterocycles. The molecule has 132 valence electrons. The van der Waals surface area contributed by atoms with Gasteiger partial charge in [0.05, 0.1) is 11.9 Å². The molecule has 0 radical (unpaired) electrons. The molecule has 0 fully saturated rings. The van der Waals surface area contributed by atoms with Crippen LogP contribution >= 0.6 is 0 Å². The zero-order valence-corrected chi connectivity index (χ0v) is 14.7. The smallest absolute Gasteiger partial charge is 0.359 e. The van der Waals surface area contributed by atoms with Crippen molar-refractivity contribution in [1.82, 2.24) is 15.3 Å². The molecular weight excluding hydrogens is 318 g/mol. The van der Waals surface area contributed by atoms with Crippen LogP contribution in [-0.2, 0) is 16.0 Å². The van der Waals surface area contributed by atoms with Gasteiger partial charge in [0, 0.05) is 12.2 Å². The molecule has 6 nitrogen and oxygen atoms in total. The average molecular weight is 341 g/mol. The fourth-order valence-electron chi connectivity index (χ4n) is 2.23. The van der Waals surface area contributed by atoms with Crippen molar-refractivity contribution in [3.8, 4) is 0 Å². The molecule has 0 aliphatic heterocycles. The summed E-state index contributed by atoms with van der Waals surface area (Å²) >= 11 is 0. The Bertz CT molecular complexity index is 702. The van der Waals surface area contributed by atoms with E-state index in [2.05, 4.69) is 27.4 Å². The van der Waals surface area contributed by atoms with Crippen molar-refractivity contribution in [3.63, 3.8) is 0 Å². The van der Waals surface area contributed by atoms with Crippen LogP contribution in [0.1, 0.15) is 42.0 Å². The van der Waals surface area contributed by atoms with Crippen LogP contribution in [0.3, 0.4) is 0 Å². The van der Waals surface area contributed by atoms with Gasteiger partial charge in [0.15, 0.2) is 11.8 Å². The third-order valence-corrected chi connectivity index (χ3v) is 3.74. The van der Waals surface area contributed by atoms with E-state index in [1.54, 1.807) is 13.8 Å². The van der Waals surface area contributed by atoms with Crippen molar-refractivity contribution in [1.29, 1.82) is 0 Å². The van der Waals surface area contributed by atoms with Gasteiger partial charge < -0.3 is 10.1 Å². The van der Waals surface area contributed by atoms with Crippen molar-refractivity contribution < 1.29 is 14.3 Å². The van der Waals surface area contributed by atoms with Crippen molar-refractivity contribution in [3.05, 3.63) is 59.7 Å². The molecule has 1 heterocycles. The zero-order chi connectivity index (χ0) is 18.2. The van der Waals surface area contributed by atoms with E-state index in [0.717, 1.165) is 12.8 Å². The SMILES string of the molecule is Cc1cnc(C(=O)O[C@@H](C)C(=O)N[C@H](C)CCc2ccccc2)cn1. The normalized spacial score (nSPS) is 12.9. The molecule has 0 bridgehead atoms. The number of hydrogen-bond donors (Lipinski definition) is 1. The number of carbonyl (C=O) groups is 2. The lowest BCUT2D eigenvalue weighted by molar-refractivity contribution is -0.129. The molecule has 0 spiro atoms. The first-order chi connectivity index (χ1) is 12.0. The van der Waals surface area contributed by atoms with Gasteiger partial charge in [-0.25, -0.2) is 9.78 Å². The summed E-state index contributed by atoms with van der Waals surface area (Å²) in [4.78, 5) is 32.1. The summed E-state index contributed by atoms with van der Waals surface area (Å²) < 4.78 is 5.15. The van der Waals surface area contributed by atoms with E-state index in [4.69, 9.17) is 4.74 Å². The average Bonchev–Trinajstić information content (AvgIpc) is 2.61. The maximum Gasteiger partial charge on any atom is 0.359 e. The molecule has 1 amide bonds. The van der Waals surface area contributed by atoms with Crippen molar-refractivity contribution in [2.75, 3.05) is 0 Å². The van der Waals surface area contributed by atoms with Crippen molar-refractivity contribution in [2.45, 2.75) is 45.8 Å². The number of rotatable bonds is 7. The van der Waals surface area contributed by atoms with Crippen molar-refractivity contribution in [2.24, 2.45) is 0 Å². The Morgan fingerprint density at radius 2 is 1.84 bits per heavy atom. The van der Waals surface area contributed by atoms with Gasteiger partial charge in [-0.2, -0.15) is 0 Å². The Morgan fingerprint density at radius 1 is 1.12 bits per heavy atom. The van der Waals surface area contributed by atoms with Crippen LogP contribution in [-0.4, -0.2) is 34.0 Å². The molecule has 0 aliphatic carbocycles. The minimum atomic E-state index is -0.894. The molecular formula is C19H23N3O3. The van der Waals surface area contributed by atoms with Gasteiger partial charge in [-0.15, -0.1) is 0 Å². The number of nitrogens with one attached hydrogen (secondary N) is 1. The predicted molar refractivity (Wildman–Crippen MR) is 94.0 cm³/mol. The second-order valence-corrected chi connectivity index (χ2v) is 6.02. The first kappa shape index (κ1) is 18.6. The second-order valence-electron chi connectivity index (χ2n) is 6.02. The first-order valence-corrected chi connectivity index (χ1v) is 8.29. The van der Waals surface area contributed by atoms with E-state index >= 15 is 0 Å². The van der Waals surface area contributed by atoms with Crippen LogP contribution in [0.2, 0.25) is 0 Å². The summed E-state index contributed by atoms with van der Waals surface area (Å²) in [5, 5.41) is 2.86. The Morgan fingerprint density at radius 3 is 2.48 bits per heavy atom. The monoisotopic (exact) mass is 341 g/mol. The third-order valence-electron chi connectivity index (χ3n) is 3.74. The van der Waals surface area contributed by atoms with Gasteiger partial charge in [0.2, 0.25) is 0 Å². The summed E-state index contributed by atoms with van der Waals surface area (Å²) in [5.74, 6) is -0.985. The molecule has 25 heavy (non-hydrogen) atoms. The predicted octanol–water partition coefficient (Wildman–Crippen LogP) is 2.47. The van der Waals surface area contributed by atoms with E-state index in [9.17, 15) is 9.59 Å². The molecule has 2 aromatic rings. The molecule has 1 N–H and O–H groups in total. The van der Waals surface area contributed by atoms with Gasteiger partial charge in [0.25, 0.3) is 5.91 Å². The minimum Gasteiger partial charge on any atom is -0.448 e. The maximum absolute atomic E-state index is 12.2. The third kappa shape index (κ3) is 5.99. The van der Waals surface area contributed by atoms with Gasteiger partial charge in [-0.05, 0) is 39.2 Å². The minimum absolute atomic E-state index is 0.0203. The Kier molecular flexibility index (Phi) is 6.62. The van der Waals surface area contributed by atoms with E-state index in [-0.39, 0.29) is 17.6 Å². The number of esters is 1. The lowest BCUT2D eigenvalue weighted by atomic mass is 10.1. The number of nitrogens with zero attached hydrogens (tertiary/aromatic N) is 2. The fraction of sp³-hybridized carbons (Fsp3) is 0.368. The number of benzene rings is 1. The van der Waals surface area contributed by atoms with E-state index in [1.807, 2.05) is 25.1 Å². The lowest BCUT2D eigenvalue weighted by Crippen LogP contribution is -2.41. The molecule has 2 rings (SSSR count). The summed E-state index contributed by atoms with van der Waals surface area (Å²) in [5.41, 5.74) is 2.01. The van der Waals surface area contributed by atoms with Crippen LogP contribution in [0, 0.1) is 6.92 Å². The molecule has 0 unspecified atom stereocenters. The highest BCUT2D eigenvalue weighted by Gasteiger charge is 2.21. The number of amides is 1. The summed E-state index contributed by atoms with van der Waals surface area (Å²) in [6, 6.07) is 10.1. The van der Waals surface area contributed by atoms with E-state index < -0.39 is 12.1 Å². The van der Waals surface area contributed by atoms with Crippen LogP contribution in [0.5, 0.6) is 0 Å². The largest absolute Gasteiger partial charge is 0.448 e. The Labute approximate surface area is 147 Å². The van der Waals surface area contributed by atoms with Crippen molar-refractivity contribution >= 4 is 11.9 Å². The molecule has 2 atom stereocenters. The quantitative estimate of drug-likeness (QED) is 0.783. The van der Waals surface area contributed by atoms with Crippen LogP contribution in [0.15, 0.2) is 42.7 Å². The van der Waals surface area contributed by atoms with Crippen LogP contribution in [0.4, 0.5) is 0 Å². The molecule has 0 aliphatic rings. The second kappa shape index (κ2) is 8.92. The summed E-state index contributed by atoms with van der Waals surface area (Å²) in [6.45, 7) is 5.24. The van der Waals surface area contributed by atoms with Crippen LogP contribution in [0.25, 0.3) is 0 Å². The highest BCUT2D eigenvalue weighted by molar-refractivity contribution is 5.90. The van der Waals surface area contributed by atoms with Crippen LogP contribution < -0.4 is 5.32 Å². The maximum atomic E-state index is 12.2. The number of carbonyl (C=O) groups excluding carboxylic acids is 2. The molecule has 0 saturated carbocycles. The topological polar surface area (TPSA) is 81.2 Å². The standard InChI is InChI=1S/C19H23N3O3/c1-13(9-10-16-7-5-4-6-8-16)22-18(23)15(3)25-19(24)17-12-20-14(2)11-21-17/h4-8,11-13,15H,9-10H2,1-3H3,(H,22,23)/t13-,15+/m1/s1. The summed E-state index contributed by atoms with van der Waals surface area (Å²) in [6.07, 6.45) is 3.60. The van der Waals surface area contributed by atoms with Gasteiger partial charge in [0.1, 0.15) is 0 Å². The number of aryl methyl sites for hydroxylation is 2. The van der Waals surface area contributed by atoms with Gasteiger partial charge in [-0.3, -0.25) is 9.78 Å². The highest BCUT2D eigenvalue weighted by atomic mass is 16.5. The highest BCUT2D eigenvalue weighted by Crippen LogP contribution is 2.06. The Balaban J connectivity index is 1.79. The Hall–Kier alpha value is -2.76. The van der Waals surface area contributed by atoms with Gasteiger partial charge in [-0.1, -0.05) is 30.3 Å². The first-order valence-electron chi connectivity index (χ1n) is 8.29. The lowest BCUT2D eigenvalue weighted by Gasteiger charge is -2.18. The van der Waals surface area contributed by atoms with Gasteiger partial charge >= 0.3 is 5.97 Å². The number of hydrogen-bond acceptors (Lipinski definition) is 5. The van der Waals surface area contributed by atoms with E-state index in [1.165, 1.54) is 18.0 Å². The summed E-state index contributed by atoms with van der Waals surface area (Å²) in [7, 11) is 0. The zero-order valence-electron chi connectivity index (χ0n) is 14.7. The molecule has 6 heteroatoms.